The van der Waals surface area contributed by atoms with Crippen molar-refractivity contribution in [1.82, 2.24) is 10.3 Å². The van der Waals surface area contributed by atoms with Crippen molar-refractivity contribution < 1.29 is 9.59 Å². The molecule has 1 fully saturated rings. The Morgan fingerprint density at radius 1 is 1.22 bits per heavy atom. The van der Waals surface area contributed by atoms with E-state index in [1.165, 1.54) is 0 Å². The number of para-hydroxylation sites is 1. The van der Waals surface area contributed by atoms with Crippen molar-refractivity contribution in [3.63, 3.8) is 0 Å². The number of nitrogens with one attached hydrogen (secondary N) is 1. The highest BCUT2D eigenvalue weighted by molar-refractivity contribution is 6.00. The second-order valence-corrected chi connectivity index (χ2v) is 5.73. The molecule has 2 atom stereocenters. The third kappa shape index (κ3) is 3.39. The number of anilines is 1. The summed E-state index contributed by atoms with van der Waals surface area (Å²) in [6.07, 6.45) is 1.95. The molecule has 0 saturated carbocycles. The predicted octanol–water partition coefficient (Wildman–Crippen LogP) is 2.31. The van der Waals surface area contributed by atoms with Gasteiger partial charge < -0.3 is 10.2 Å². The number of carbonyl (C=O) groups excluding carboxylic acids is 2. The lowest BCUT2D eigenvalue weighted by Crippen LogP contribution is -2.34. The summed E-state index contributed by atoms with van der Waals surface area (Å²) in [7, 11) is 0. The fraction of sp³-hybridized carbons (Fsp3) is 0.278. The van der Waals surface area contributed by atoms with Gasteiger partial charge in [0, 0.05) is 24.8 Å². The van der Waals surface area contributed by atoms with Gasteiger partial charge in [-0.25, -0.2) is 0 Å². The average molecular weight is 309 g/mol. The van der Waals surface area contributed by atoms with E-state index in [4.69, 9.17) is 0 Å². The first-order valence-electron chi connectivity index (χ1n) is 7.72. The largest absolute Gasteiger partial charge is 0.348 e. The van der Waals surface area contributed by atoms with Crippen LogP contribution in [0.25, 0.3) is 0 Å². The molecule has 118 valence electrons. The number of benzene rings is 1. The van der Waals surface area contributed by atoms with Gasteiger partial charge in [0.15, 0.2) is 0 Å². The zero-order valence-electron chi connectivity index (χ0n) is 13.0. The summed E-state index contributed by atoms with van der Waals surface area (Å²) in [6.45, 7) is 2.32. The second kappa shape index (κ2) is 6.60. The van der Waals surface area contributed by atoms with Crippen molar-refractivity contribution in [2.75, 3.05) is 11.4 Å². The van der Waals surface area contributed by atoms with Crippen molar-refractivity contribution in [1.29, 1.82) is 0 Å². The van der Waals surface area contributed by atoms with Gasteiger partial charge in [-0.05, 0) is 31.2 Å². The Balaban J connectivity index is 1.64. The minimum Gasteiger partial charge on any atom is -0.348 e. The van der Waals surface area contributed by atoms with Gasteiger partial charge >= 0.3 is 0 Å². The summed E-state index contributed by atoms with van der Waals surface area (Å²) >= 11 is 0. The van der Waals surface area contributed by atoms with E-state index in [9.17, 15) is 9.59 Å². The van der Waals surface area contributed by atoms with Crippen molar-refractivity contribution in [3.8, 4) is 0 Å². The van der Waals surface area contributed by atoms with E-state index < -0.39 is 0 Å². The molecule has 1 saturated heterocycles. The van der Waals surface area contributed by atoms with Crippen molar-refractivity contribution in [3.05, 3.63) is 60.4 Å². The maximum atomic E-state index is 12.4. The molecule has 1 aliphatic heterocycles. The van der Waals surface area contributed by atoms with Crippen LogP contribution in [0.1, 0.15) is 25.1 Å². The van der Waals surface area contributed by atoms with E-state index in [0.717, 1.165) is 11.4 Å². The van der Waals surface area contributed by atoms with Crippen molar-refractivity contribution in [2.24, 2.45) is 5.92 Å². The fourth-order valence-electron chi connectivity index (χ4n) is 2.78. The molecule has 5 nitrogen and oxygen atoms in total. The molecule has 2 unspecified atom stereocenters. The molecule has 0 bridgehead atoms. The van der Waals surface area contributed by atoms with E-state index >= 15 is 0 Å². The molecule has 3 rings (SSSR count). The Labute approximate surface area is 135 Å². The van der Waals surface area contributed by atoms with Crippen LogP contribution in [0.5, 0.6) is 0 Å². The number of amides is 2. The lowest BCUT2D eigenvalue weighted by Gasteiger charge is -2.18. The van der Waals surface area contributed by atoms with Crippen LogP contribution in [-0.2, 0) is 9.59 Å². The minimum absolute atomic E-state index is 0.0122. The number of rotatable bonds is 4. The molecule has 0 radical (unpaired) electrons. The van der Waals surface area contributed by atoms with Gasteiger partial charge in [-0.15, -0.1) is 0 Å². The first-order chi connectivity index (χ1) is 11.1. The highest BCUT2D eigenvalue weighted by Gasteiger charge is 2.35. The number of hydrogen-bond acceptors (Lipinski definition) is 3. The quantitative estimate of drug-likeness (QED) is 0.942. The molecule has 1 aromatic heterocycles. The van der Waals surface area contributed by atoms with Crippen molar-refractivity contribution in [2.45, 2.75) is 19.4 Å². The summed E-state index contributed by atoms with van der Waals surface area (Å²) in [6, 6.07) is 14.9. The van der Waals surface area contributed by atoms with Crippen LogP contribution in [0.3, 0.4) is 0 Å². The van der Waals surface area contributed by atoms with Gasteiger partial charge in [0.05, 0.1) is 17.7 Å². The smallest absolute Gasteiger partial charge is 0.227 e. The van der Waals surface area contributed by atoms with Crippen LogP contribution in [0, 0.1) is 5.92 Å². The van der Waals surface area contributed by atoms with Gasteiger partial charge in [-0.3, -0.25) is 14.6 Å². The summed E-state index contributed by atoms with van der Waals surface area (Å²) in [5.41, 5.74) is 1.65. The highest BCUT2D eigenvalue weighted by atomic mass is 16.2. The Morgan fingerprint density at radius 2 is 1.96 bits per heavy atom. The van der Waals surface area contributed by atoms with Gasteiger partial charge in [0.2, 0.25) is 11.8 Å². The Hall–Kier alpha value is -2.69. The van der Waals surface area contributed by atoms with Gasteiger partial charge in [0.1, 0.15) is 0 Å². The second-order valence-electron chi connectivity index (χ2n) is 5.73. The van der Waals surface area contributed by atoms with Crippen LogP contribution < -0.4 is 10.2 Å². The topological polar surface area (TPSA) is 62.3 Å². The van der Waals surface area contributed by atoms with E-state index in [-0.39, 0.29) is 30.2 Å². The number of hydrogen-bond donors (Lipinski definition) is 1. The first kappa shape index (κ1) is 15.2. The molecule has 1 aliphatic rings. The SMILES string of the molecule is CC(NC(=O)C1CC(=O)N(c2ccccc2)C1)c1ccccn1. The number of aromatic nitrogens is 1. The Morgan fingerprint density at radius 3 is 2.65 bits per heavy atom. The number of nitrogens with zero attached hydrogens (tertiary/aromatic N) is 2. The zero-order chi connectivity index (χ0) is 16.2. The molecular formula is C18H19N3O2. The average Bonchev–Trinajstić information content (AvgIpc) is 2.98. The maximum absolute atomic E-state index is 12.4. The van der Waals surface area contributed by atoms with Crippen LogP contribution in [0.15, 0.2) is 54.7 Å². The van der Waals surface area contributed by atoms with Crippen molar-refractivity contribution >= 4 is 17.5 Å². The van der Waals surface area contributed by atoms with E-state index in [1.807, 2.05) is 55.5 Å². The minimum atomic E-state index is -0.325. The van der Waals surface area contributed by atoms with Crippen LogP contribution in [0.4, 0.5) is 5.69 Å². The standard InChI is InChI=1S/C18H19N3O2/c1-13(16-9-5-6-10-19-16)20-18(23)14-11-17(22)21(12-14)15-7-3-2-4-8-15/h2-10,13-14H,11-12H2,1H3,(H,20,23). The molecule has 1 aromatic carbocycles. The normalized spacial score (nSPS) is 18.7. The van der Waals surface area contributed by atoms with Crippen LogP contribution >= 0.6 is 0 Å². The van der Waals surface area contributed by atoms with Gasteiger partial charge in [-0.1, -0.05) is 24.3 Å². The number of carbonyl (C=O) groups is 2. The molecule has 0 aliphatic carbocycles. The molecular weight excluding hydrogens is 290 g/mol. The fourth-order valence-corrected chi connectivity index (χ4v) is 2.78. The Kier molecular flexibility index (Phi) is 4.37. The molecule has 2 aromatic rings. The molecule has 5 heteroatoms. The predicted molar refractivity (Wildman–Crippen MR) is 87.7 cm³/mol. The monoisotopic (exact) mass is 309 g/mol. The third-order valence-corrected chi connectivity index (χ3v) is 4.05. The first-order valence-corrected chi connectivity index (χ1v) is 7.72. The maximum Gasteiger partial charge on any atom is 0.227 e. The van der Waals surface area contributed by atoms with Crippen LogP contribution in [-0.4, -0.2) is 23.3 Å². The molecule has 2 heterocycles. The summed E-state index contributed by atoms with van der Waals surface area (Å²) < 4.78 is 0. The van der Waals surface area contributed by atoms with Gasteiger partial charge in [-0.2, -0.15) is 0 Å². The molecule has 0 spiro atoms. The molecule has 1 N–H and O–H groups in total. The molecule has 23 heavy (non-hydrogen) atoms. The van der Waals surface area contributed by atoms with E-state index in [1.54, 1.807) is 11.1 Å². The lowest BCUT2D eigenvalue weighted by molar-refractivity contribution is -0.126. The Bertz CT molecular complexity index is 688. The summed E-state index contributed by atoms with van der Waals surface area (Å²) in [4.78, 5) is 30.5. The molecule has 2 amide bonds. The zero-order valence-corrected chi connectivity index (χ0v) is 13.0. The van der Waals surface area contributed by atoms with E-state index in [2.05, 4.69) is 10.3 Å². The number of pyridine rings is 1. The van der Waals surface area contributed by atoms with E-state index in [0.29, 0.717) is 6.54 Å². The van der Waals surface area contributed by atoms with Gasteiger partial charge in [0.25, 0.3) is 0 Å². The summed E-state index contributed by atoms with van der Waals surface area (Å²) in [5.74, 6) is -0.439. The third-order valence-electron chi connectivity index (χ3n) is 4.05. The lowest BCUT2D eigenvalue weighted by atomic mass is 10.1. The summed E-state index contributed by atoms with van der Waals surface area (Å²) in [5, 5.41) is 2.95. The van der Waals surface area contributed by atoms with Crippen LogP contribution in [0.2, 0.25) is 0 Å². The highest BCUT2D eigenvalue weighted by Crippen LogP contribution is 2.25.